The van der Waals surface area contributed by atoms with Gasteiger partial charge in [-0.15, -0.1) is 0 Å². The van der Waals surface area contributed by atoms with Crippen LogP contribution in [0.5, 0.6) is 0 Å². The number of benzene rings is 1. The summed E-state index contributed by atoms with van der Waals surface area (Å²) in [6.45, 7) is 3.97. The Labute approximate surface area is 103 Å². The molecule has 1 N–H and O–H groups in total. The molecule has 0 aromatic heterocycles. The zero-order chi connectivity index (χ0) is 12.3. The first-order valence-electron chi connectivity index (χ1n) is 5.84. The summed E-state index contributed by atoms with van der Waals surface area (Å²) in [5.74, 6) is 0.0954. The molecule has 2 rings (SSSR count). The van der Waals surface area contributed by atoms with Crippen LogP contribution in [0.25, 0.3) is 0 Å². The summed E-state index contributed by atoms with van der Waals surface area (Å²) in [6, 6.07) is 9.37. The zero-order valence-electron chi connectivity index (χ0n) is 9.96. The van der Waals surface area contributed by atoms with Crippen LogP contribution in [-0.2, 0) is 15.8 Å². The average Bonchev–Trinajstić information content (AvgIpc) is 2.30. The van der Waals surface area contributed by atoms with E-state index in [1.807, 2.05) is 37.3 Å². The maximum absolute atomic E-state index is 12.3. The normalized spacial score (nSPS) is 22.5. The highest BCUT2D eigenvalue weighted by molar-refractivity contribution is 7.88. The Balaban J connectivity index is 2.13. The Morgan fingerprint density at radius 1 is 1.35 bits per heavy atom. The van der Waals surface area contributed by atoms with Gasteiger partial charge in [-0.05, 0) is 12.5 Å². The molecular formula is C12H18N2O2S. The van der Waals surface area contributed by atoms with Crippen LogP contribution in [0, 0.1) is 0 Å². The molecule has 1 aliphatic rings. The molecule has 1 atom stereocenters. The maximum Gasteiger partial charge on any atom is 0.218 e. The van der Waals surface area contributed by atoms with Gasteiger partial charge in [0.1, 0.15) is 0 Å². The van der Waals surface area contributed by atoms with E-state index in [0.717, 1.165) is 18.7 Å². The van der Waals surface area contributed by atoms with Crippen LogP contribution in [0.2, 0.25) is 0 Å². The summed E-state index contributed by atoms with van der Waals surface area (Å²) >= 11 is 0. The highest BCUT2D eigenvalue weighted by Crippen LogP contribution is 2.14. The van der Waals surface area contributed by atoms with Crippen LogP contribution in [-0.4, -0.2) is 38.4 Å². The predicted octanol–water partition coefficient (Wildman–Crippen LogP) is 0.810. The van der Waals surface area contributed by atoms with Crippen molar-refractivity contribution >= 4 is 10.0 Å². The van der Waals surface area contributed by atoms with Gasteiger partial charge in [0.2, 0.25) is 10.0 Å². The number of hydrogen-bond acceptors (Lipinski definition) is 3. The van der Waals surface area contributed by atoms with E-state index in [-0.39, 0.29) is 11.8 Å². The maximum atomic E-state index is 12.3. The summed E-state index contributed by atoms with van der Waals surface area (Å²) in [5, 5.41) is 3.19. The molecule has 1 aromatic rings. The predicted molar refractivity (Wildman–Crippen MR) is 68.1 cm³/mol. The lowest BCUT2D eigenvalue weighted by Gasteiger charge is -2.32. The fourth-order valence-corrected chi connectivity index (χ4v) is 3.88. The average molecular weight is 254 g/mol. The van der Waals surface area contributed by atoms with Crippen molar-refractivity contribution in [2.75, 3.05) is 19.6 Å². The molecule has 4 nitrogen and oxygen atoms in total. The van der Waals surface area contributed by atoms with Crippen molar-refractivity contribution in [2.24, 2.45) is 0 Å². The van der Waals surface area contributed by atoms with Crippen molar-refractivity contribution in [1.82, 2.24) is 9.62 Å². The van der Waals surface area contributed by atoms with Crippen LogP contribution >= 0.6 is 0 Å². The molecule has 1 saturated heterocycles. The summed E-state index contributed by atoms with van der Waals surface area (Å²) in [4.78, 5) is 0. The number of sulfonamides is 1. The van der Waals surface area contributed by atoms with Gasteiger partial charge in [0.15, 0.2) is 0 Å². The van der Waals surface area contributed by atoms with Gasteiger partial charge in [-0.2, -0.15) is 4.31 Å². The molecule has 0 aliphatic carbocycles. The van der Waals surface area contributed by atoms with E-state index >= 15 is 0 Å². The van der Waals surface area contributed by atoms with E-state index in [2.05, 4.69) is 5.32 Å². The molecule has 0 amide bonds. The molecule has 17 heavy (non-hydrogen) atoms. The lowest BCUT2D eigenvalue weighted by atomic mass is 10.2. The molecule has 1 fully saturated rings. The molecule has 0 unspecified atom stereocenters. The third-order valence-corrected chi connectivity index (χ3v) is 4.94. The van der Waals surface area contributed by atoms with E-state index in [9.17, 15) is 8.42 Å². The third-order valence-electron chi connectivity index (χ3n) is 2.99. The van der Waals surface area contributed by atoms with Crippen molar-refractivity contribution in [3.8, 4) is 0 Å². The topological polar surface area (TPSA) is 49.4 Å². The molecule has 0 spiro atoms. The lowest BCUT2D eigenvalue weighted by molar-refractivity contribution is 0.283. The Bertz CT molecular complexity index is 459. The van der Waals surface area contributed by atoms with Crippen LogP contribution in [0.1, 0.15) is 12.5 Å². The molecule has 5 heteroatoms. The second-order valence-electron chi connectivity index (χ2n) is 4.41. The monoisotopic (exact) mass is 254 g/mol. The molecule has 1 aliphatic heterocycles. The van der Waals surface area contributed by atoms with E-state index < -0.39 is 10.0 Å². The van der Waals surface area contributed by atoms with Crippen LogP contribution in [0.4, 0.5) is 0 Å². The van der Waals surface area contributed by atoms with Crippen molar-refractivity contribution < 1.29 is 8.42 Å². The standard InChI is InChI=1S/C12H18N2O2S/c1-11-9-13-7-8-14(11)17(15,16)10-12-5-3-2-4-6-12/h2-6,11,13H,7-10H2,1H3/t11-/m0/s1. The summed E-state index contributed by atoms with van der Waals surface area (Å²) in [7, 11) is -3.19. The highest BCUT2D eigenvalue weighted by atomic mass is 32.2. The highest BCUT2D eigenvalue weighted by Gasteiger charge is 2.29. The van der Waals surface area contributed by atoms with E-state index in [4.69, 9.17) is 0 Å². The minimum absolute atomic E-state index is 0.0393. The van der Waals surface area contributed by atoms with Gasteiger partial charge < -0.3 is 5.32 Å². The van der Waals surface area contributed by atoms with Gasteiger partial charge >= 0.3 is 0 Å². The molecule has 1 heterocycles. The number of nitrogens with zero attached hydrogens (tertiary/aromatic N) is 1. The molecular weight excluding hydrogens is 236 g/mol. The Kier molecular flexibility index (Phi) is 3.81. The van der Waals surface area contributed by atoms with Crippen molar-refractivity contribution in [3.05, 3.63) is 35.9 Å². The Morgan fingerprint density at radius 2 is 2.06 bits per heavy atom. The van der Waals surface area contributed by atoms with Gasteiger partial charge in [-0.3, -0.25) is 0 Å². The Hall–Kier alpha value is -0.910. The number of rotatable bonds is 3. The second-order valence-corrected chi connectivity index (χ2v) is 6.33. The van der Waals surface area contributed by atoms with Gasteiger partial charge in [0, 0.05) is 25.7 Å². The molecule has 1 aromatic carbocycles. The summed E-state index contributed by atoms with van der Waals surface area (Å²) < 4.78 is 26.1. The second kappa shape index (κ2) is 5.16. The number of nitrogens with one attached hydrogen (secondary N) is 1. The van der Waals surface area contributed by atoms with E-state index in [1.54, 1.807) is 4.31 Å². The van der Waals surface area contributed by atoms with Crippen molar-refractivity contribution in [2.45, 2.75) is 18.7 Å². The fourth-order valence-electron chi connectivity index (χ4n) is 2.10. The van der Waals surface area contributed by atoms with Crippen LogP contribution in [0.3, 0.4) is 0 Å². The number of hydrogen-bond donors (Lipinski definition) is 1. The molecule has 0 radical (unpaired) electrons. The van der Waals surface area contributed by atoms with Gasteiger partial charge in [-0.1, -0.05) is 30.3 Å². The minimum Gasteiger partial charge on any atom is -0.314 e. The van der Waals surface area contributed by atoms with Crippen LogP contribution < -0.4 is 5.32 Å². The molecule has 0 bridgehead atoms. The molecule has 94 valence electrons. The van der Waals surface area contributed by atoms with Gasteiger partial charge in [0.05, 0.1) is 5.75 Å². The van der Waals surface area contributed by atoms with Crippen molar-refractivity contribution in [1.29, 1.82) is 0 Å². The summed E-state index contributed by atoms with van der Waals surface area (Å²) in [6.07, 6.45) is 0. The van der Waals surface area contributed by atoms with Crippen LogP contribution in [0.15, 0.2) is 30.3 Å². The Morgan fingerprint density at radius 3 is 2.71 bits per heavy atom. The number of piperazine rings is 1. The fraction of sp³-hybridized carbons (Fsp3) is 0.500. The lowest BCUT2D eigenvalue weighted by Crippen LogP contribution is -2.52. The van der Waals surface area contributed by atoms with Gasteiger partial charge in [0.25, 0.3) is 0 Å². The zero-order valence-corrected chi connectivity index (χ0v) is 10.8. The smallest absolute Gasteiger partial charge is 0.218 e. The first kappa shape index (κ1) is 12.5. The molecule has 0 saturated carbocycles. The van der Waals surface area contributed by atoms with E-state index in [0.29, 0.717) is 6.54 Å². The third kappa shape index (κ3) is 3.06. The SMILES string of the molecule is C[C@H]1CNCCN1S(=O)(=O)Cc1ccccc1. The largest absolute Gasteiger partial charge is 0.314 e. The quantitative estimate of drug-likeness (QED) is 0.868. The van der Waals surface area contributed by atoms with Gasteiger partial charge in [-0.25, -0.2) is 8.42 Å². The first-order valence-corrected chi connectivity index (χ1v) is 7.45. The first-order chi connectivity index (χ1) is 8.09. The van der Waals surface area contributed by atoms with E-state index in [1.165, 1.54) is 0 Å². The van der Waals surface area contributed by atoms with Crippen molar-refractivity contribution in [3.63, 3.8) is 0 Å². The minimum atomic E-state index is -3.19. The summed E-state index contributed by atoms with van der Waals surface area (Å²) in [5.41, 5.74) is 0.846.